The molecule has 0 unspecified atom stereocenters. The molecule has 8 heteroatoms. The van der Waals surface area contributed by atoms with Gasteiger partial charge < -0.3 is 24.8 Å². The van der Waals surface area contributed by atoms with Gasteiger partial charge in [-0.2, -0.15) is 0 Å². The van der Waals surface area contributed by atoms with Gasteiger partial charge in [0.25, 0.3) is 0 Å². The largest absolute Gasteiger partial charge is 0.481 e. The number of fused-ring (bicyclic) bond motifs is 1. The van der Waals surface area contributed by atoms with Crippen molar-refractivity contribution in [1.82, 2.24) is 9.55 Å². The van der Waals surface area contributed by atoms with Crippen LogP contribution in [0.25, 0.3) is 11.0 Å². The van der Waals surface area contributed by atoms with E-state index in [-0.39, 0.29) is 12.1 Å². The third-order valence-electron chi connectivity index (χ3n) is 5.29. The highest BCUT2D eigenvalue weighted by atomic mass is 16.4. The van der Waals surface area contributed by atoms with Gasteiger partial charge in [-0.25, -0.2) is 9.78 Å². The molecule has 2 heterocycles. The Morgan fingerprint density at radius 3 is 2.69 bits per heavy atom. The lowest BCUT2D eigenvalue weighted by Crippen LogP contribution is -2.56. The van der Waals surface area contributed by atoms with Gasteiger partial charge in [0.15, 0.2) is 0 Å². The van der Waals surface area contributed by atoms with E-state index in [1.165, 1.54) is 12.1 Å². The predicted molar refractivity (Wildman–Crippen MR) is 95.5 cm³/mol. The average Bonchev–Trinajstić information content (AvgIpc) is 2.93. The maximum atomic E-state index is 12.0. The molecule has 1 saturated heterocycles. The second kappa shape index (κ2) is 6.60. The van der Waals surface area contributed by atoms with Gasteiger partial charge in [-0.1, -0.05) is 13.3 Å². The number of hydrogen-bond acceptors (Lipinski definition) is 5. The molecule has 0 radical (unpaired) electrons. The van der Waals surface area contributed by atoms with Crippen LogP contribution >= 0.6 is 0 Å². The lowest BCUT2D eigenvalue weighted by Gasteiger charge is -2.43. The van der Waals surface area contributed by atoms with Gasteiger partial charge in [0.1, 0.15) is 5.41 Å². The highest BCUT2D eigenvalue weighted by molar-refractivity contribution is 5.93. The zero-order chi connectivity index (χ0) is 19.1. The van der Waals surface area contributed by atoms with Crippen molar-refractivity contribution < 1.29 is 24.9 Å². The van der Waals surface area contributed by atoms with Gasteiger partial charge in [0.05, 0.1) is 22.7 Å². The number of aliphatic carboxylic acids is 1. The van der Waals surface area contributed by atoms with Crippen molar-refractivity contribution in [3.8, 4) is 0 Å². The van der Waals surface area contributed by atoms with E-state index in [0.717, 1.165) is 5.52 Å². The summed E-state index contributed by atoms with van der Waals surface area (Å²) in [5.74, 6) is -1.44. The van der Waals surface area contributed by atoms with Crippen molar-refractivity contribution in [3.05, 3.63) is 23.8 Å². The maximum Gasteiger partial charge on any atom is 0.335 e. The molecule has 26 heavy (non-hydrogen) atoms. The number of aliphatic hydroxyl groups is 1. The fraction of sp³-hybridized carbons (Fsp3) is 0.500. The van der Waals surface area contributed by atoms with Crippen molar-refractivity contribution in [2.75, 3.05) is 18.0 Å². The maximum absolute atomic E-state index is 12.0. The van der Waals surface area contributed by atoms with E-state index in [1.54, 1.807) is 6.07 Å². The van der Waals surface area contributed by atoms with Crippen LogP contribution in [-0.2, 0) is 11.8 Å². The Labute approximate surface area is 150 Å². The molecule has 2 atom stereocenters. The molecule has 1 aliphatic heterocycles. The zero-order valence-electron chi connectivity index (χ0n) is 14.8. The molecule has 2 aromatic rings. The van der Waals surface area contributed by atoms with Crippen LogP contribution in [0.5, 0.6) is 0 Å². The molecular weight excluding hydrogens is 338 g/mol. The third kappa shape index (κ3) is 2.80. The van der Waals surface area contributed by atoms with E-state index in [2.05, 4.69) is 4.98 Å². The first kappa shape index (κ1) is 18.2. The highest BCUT2D eigenvalue weighted by Gasteiger charge is 2.49. The average molecular weight is 361 g/mol. The lowest BCUT2D eigenvalue weighted by atomic mass is 9.74. The summed E-state index contributed by atoms with van der Waals surface area (Å²) in [6.45, 7) is 2.56. The summed E-state index contributed by atoms with van der Waals surface area (Å²) in [7, 11) is 1.82. The van der Waals surface area contributed by atoms with E-state index in [1.807, 2.05) is 23.4 Å². The predicted octanol–water partition coefficient (Wildman–Crippen LogP) is 1.71. The van der Waals surface area contributed by atoms with Gasteiger partial charge in [-0.3, -0.25) is 4.79 Å². The summed E-state index contributed by atoms with van der Waals surface area (Å²) in [5, 5.41) is 29.3. The molecule has 0 saturated carbocycles. The van der Waals surface area contributed by atoms with Crippen LogP contribution in [0.1, 0.15) is 36.5 Å². The van der Waals surface area contributed by atoms with Crippen molar-refractivity contribution in [1.29, 1.82) is 0 Å². The quantitative estimate of drug-likeness (QED) is 0.742. The van der Waals surface area contributed by atoms with Crippen LogP contribution in [0.15, 0.2) is 18.2 Å². The molecule has 0 bridgehead atoms. The second-order valence-electron chi connectivity index (χ2n) is 6.92. The van der Waals surface area contributed by atoms with Gasteiger partial charge in [-0.15, -0.1) is 0 Å². The fourth-order valence-electron chi connectivity index (χ4n) is 3.86. The number of carbonyl (C=O) groups is 2. The minimum Gasteiger partial charge on any atom is -0.481 e. The Hall–Kier alpha value is -2.61. The Balaban J connectivity index is 2.01. The molecule has 1 aliphatic rings. The van der Waals surface area contributed by atoms with Crippen molar-refractivity contribution in [3.63, 3.8) is 0 Å². The van der Waals surface area contributed by atoms with Crippen LogP contribution in [0.3, 0.4) is 0 Å². The van der Waals surface area contributed by atoms with Crippen LogP contribution in [0, 0.1) is 5.41 Å². The number of rotatable bonds is 5. The summed E-state index contributed by atoms with van der Waals surface area (Å²) in [5.41, 5.74) is 0.247. The number of hydrogen-bond donors (Lipinski definition) is 3. The molecule has 3 rings (SSSR count). The van der Waals surface area contributed by atoms with E-state index in [0.29, 0.717) is 37.3 Å². The Kier molecular flexibility index (Phi) is 4.62. The zero-order valence-corrected chi connectivity index (χ0v) is 14.8. The molecular formula is C18H23N3O5. The number of anilines is 1. The van der Waals surface area contributed by atoms with Crippen molar-refractivity contribution in [2.24, 2.45) is 12.5 Å². The van der Waals surface area contributed by atoms with Gasteiger partial charge >= 0.3 is 11.9 Å². The molecule has 140 valence electrons. The molecule has 1 aromatic carbocycles. The summed E-state index contributed by atoms with van der Waals surface area (Å²) in [6, 6.07) is 4.73. The topological polar surface area (TPSA) is 116 Å². The standard InChI is InChI=1S/C18H23N3O5/c1-3-7-18(16(25)26)10-21(8-6-14(18)22)17-19-12-9-11(15(23)24)4-5-13(12)20(17)2/h4-5,9,14,22H,3,6-8,10H2,1-2H3,(H,23,24)(H,25,26)/t14-,18+/m1/s1. The van der Waals surface area contributed by atoms with Crippen LogP contribution in [0.2, 0.25) is 0 Å². The Morgan fingerprint density at radius 2 is 2.08 bits per heavy atom. The summed E-state index contributed by atoms with van der Waals surface area (Å²) >= 11 is 0. The molecule has 0 spiro atoms. The third-order valence-corrected chi connectivity index (χ3v) is 5.29. The van der Waals surface area contributed by atoms with Gasteiger partial charge in [0.2, 0.25) is 5.95 Å². The Morgan fingerprint density at radius 1 is 1.35 bits per heavy atom. The molecule has 0 amide bonds. The smallest absolute Gasteiger partial charge is 0.335 e. The normalized spacial score (nSPS) is 23.3. The van der Waals surface area contributed by atoms with Crippen LogP contribution in [0.4, 0.5) is 5.95 Å². The number of piperidine rings is 1. The van der Waals surface area contributed by atoms with E-state index >= 15 is 0 Å². The number of aromatic nitrogens is 2. The van der Waals surface area contributed by atoms with Crippen molar-refractivity contribution >= 4 is 28.9 Å². The minimum atomic E-state index is -1.22. The monoisotopic (exact) mass is 361 g/mol. The first-order chi connectivity index (χ1) is 12.3. The van der Waals surface area contributed by atoms with Crippen LogP contribution < -0.4 is 4.90 Å². The lowest BCUT2D eigenvalue weighted by molar-refractivity contribution is -0.158. The second-order valence-corrected chi connectivity index (χ2v) is 6.92. The van der Waals surface area contributed by atoms with E-state index < -0.39 is 23.5 Å². The number of carboxylic acids is 2. The molecule has 0 aliphatic carbocycles. The SMILES string of the molecule is CCC[C@]1(C(=O)O)CN(c2nc3cc(C(=O)O)ccc3n2C)CC[C@H]1O. The van der Waals surface area contributed by atoms with E-state index in [4.69, 9.17) is 5.11 Å². The number of benzene rings is 1. The number of aromatic carboxylic acids is 1. The number of carboxylic acid groups (broad SMARTS) is 2. The molecule has 3 N–H and O–H groups in total. The first-order valence-electron chi connectivity index (χ1n) is 8.66. The summed E-state index contributed by atoms with van der Waals surface area (Å²) in [6.07, 6.45) is 0.481. The summed E-state index contributed by atoms with van der Waals surface area (Å²) < 4.78 is 1.83. The highest BCUT2D eigenvalue weighted by Crippen LogP contribution is 2.37. The number of imidazole rings is 1. The first-order valence-corrected chi connectivity index (χ1v) is 8.66. The number of nitrogens with zero attached hydrogens (tertiary/aromatic N) is 3. The minimum absolute atomic E-state index is 0.155. The van der Waals surface area contributed by atoms with Gasteiger partial charge in [0, 0.05) is 20.1 Å². The number of aliphatic hydroxyl groups excluding tert-OH is 1. The van der Waals surface area contributed by atoms with E-state index in [9.17, 15) is 19.8 Å². The molecule has 8 nitrogen and oxygen atoms in total. The molecule has 1 fully saturated rings. The van der Waals surface area contributed by atoms with Gasteiger partial charge in [-0.05, 0) is 31.0 Å². The number of aryl methyl sites for hydroxylation is 1. The summed E-state index contributed by atoms with van der Waals surface area (Å²) in [4.78, 5) is 29.5. The van der Waals surface area contributed by atoms with Crippen molar-refractivity contribution in [2.45, 2.75) is 32.3 Å². The van der Waals surface area contributed by atoms with Crippen LogP contribution in [-0.4, -0.2) is 56.0 Å². The Bertz CT molecular complexity index is 862. The molecule has 1 aromatic heterocycles. The fourth-order valence-corrected chi connectivity index (χ4v) is 3.86.